The number of aryl methyl sites for hydroxylation is 1. The number of aliphatic hydroxyl groups is 2. The Labute approximate surface area is 147 Å². The first-order valence-electron chi connectivity index (χ1n) is 7.61. The SMILES string of the molecule is Cc1nn(-c2cccc(Cl)c2)c2nc(-c3ccco3)cc(C(O)O)c12. The van der Waals surface area contributed by atoms with E-state index in [0.29, 0.717) is 38.8 Å². The van der Waals surface area contributed by atoms with Crippen molar-refractivity contribution < 1.29 is 14.6 Å². The largest absolute Gasteiger partial charge is 0.463 e. The van der Waals surface area contributed by atoms with Crippen molar-refractivity contribution in [2.24, 2.45) is 0 Å². The summed E-state index contributed by atoms with van der Waals surface area (Å²) in [4.78, 5) is 4.63. The van der Waals surface area contributed by atoms with Crippen molar-refractivity contribution in [2.75, 3.05) is 0 Å². The molecule has 3 heterocycles. The van der Waals surface area contributed by atoms with Gasteiger partial charge in [-0.05, 0) is 43.3 Å². The summed E-state index contributed by atoms with van der Waals surface area (Å²) in [5, 5.41) is 25.3. The Hall–Kier alpha value is -2.67. The molecule has 0 saturated heterocycles. The van der Waals surface area contributed by atoms with E-state index in [9.17, 15) is 10.2 Å². The predicted octanol–water partition coefficient (Wildman–Crippen LogP) is 3.63. The number of benzene rings is 1. The van der Waals surface area contributed by atoms with Crippen molar-refractivity contribution in [3.05, 3.63) is 65.0 Å². The molecule has 6 nitrogen and oxygen atoms in total. The molecule has 7 heteroatoms. The molecule has 0 fully saturated rings. The average molecular weight is 356 g/mol. The fourth-order valence-corrected chi connectivity index (χ4v) is 3.05. The molecule has 0 unspecified atom stereocenters. The van der Waals surface area contributed by atoms with E-state index >= 15 is 0 Å². The fourth-order valence-electron chi connectivity index (χ4n) is 2.86. The third-order valence-corrected chi connectivity index (χ3v) is 4.18. The lowest BCUT2D eigenvalue weighted by molar-refractivity contribution is -0.0413. The zero-order valence-electron chi connectivity index (χ0n) is 13.2. The van der Waals surface area contributed by atoms with E-state index in [0.717, 1.165) is 5.69 Å². The quantitative estimate of drug-likeness (QED) is 0.548. The number of hydrogen-bond acceptors (Lipinski definition) is 5. The smallest absolute Gasteiger partial charge is 0.179 e. The Balaban J connectivity index is 2.05. The summed E-state index contributed by atoms with van der Waals surface area (Å²) < 4.78 is 7.03. The van der Waals surface area contributed by atoms with E-state index in [4.69, 9.17) is 16.0 Å². The van der Waals surface area contributed by atoms with Crippen LogP contribution in [0.3, 0.4) is 0 Å². The molecule has 3 aromatic heterocycles. The number of furan rings is 1. The van der Waals surface area contributed by atoms with E-state index in [1.54, 1.807) is 41.9 Å². The van der Waals surface area contributed by atoms with Gasteiger partial charge in [0.1, 0.15) is 5.69 Å². The average Bonchev–Trinajstić information content (AvgIpc) is 3.22. The van der Waals surface area contributed by atoms with E-state index in [1.165, 1.54) is 6.26 Å². The van der Waals surface area contributed by atoms with Crippen molar-refractivity contribution >= 4 is 22.6 Å². The molecule has 0 saturated carbocycles. The maximum absolute atomic E-state index is 9.83. The number of aliphatic hydroxyl groups excluding tert-OH is 1. The van der Waals surface area contributed by atoms with Crippen LogP contribution in [-0.4, -0.2) is 25.0 Å². The molecule has 0 aliphatic carbocycles. The lowest BCUT2D eigenvalue weighted by Crippen LogP contribution is -2.01. The number of hydrogen-bond donors (Lipinski definition) is 2. The van der Waals surface area contributed by atoms with Crippen molar-refractivity contribution in [3.63, 3.8) is 0 Å². The number of fused-ring (bicyclic) bond motifs is 1. The van der Waals surface area contributed by atoms with Crippen LogP contribution in [0.15, 0.2) is 53.1 Å². The number of nitrogens with zero attached hydrogens (tertiary/aromatic N) is 3. The normalized spacial score (nSPS) is 11.6. The van der Waals surface area contributed by atoms with Gasteiger partial charge in [-0.15, -0.1) is 0 Å². The van der Waals surface area contributed by atoms with Crippen LogP contribution in [0.25, 0.3) is 28.2 Å². The molecule has 0 aliphatic heterocycles. The minimum absolute atomic E-state index is 0.321. The molecule has 4 aromatic rings. The monoisotopic (exact) mass is 355 g/mol. The summed E-state index contributed by atoms with van der Waals surface area (Å²) in [7, 11) is 0. The van der Waals surface area contributed by atoms with Gasteiger partial charge in [0, 0.05) is 10.6 Å². The molecule has 1 aromatic carbocycles. The molecule has 4 rings (SSSR count). The number of pyridine rings is 1. The van der Waals surface area contributed by atoms with Crippen molar-refractivity contribution in [1.82, 2.24) is 14.8 Å². The Morgan fingerprint density at radius 3 is 2.68 bits per heavy atom. The first kappa shape index (κ1) is 15.8. The van der Waals surface area contributed by atoms with Gasteiger partial charge >= 0.3 is 0 Å². The van der Waals surface area contributed by atoms with Crippen LogP contribution >= 0.6 is 11.6 Å². The highest BCUT2D eigenvalue weighted by Crippen LogP contribution is 2.31. The molecule has 0 atom stereocenters. The topological polar surface area (TPSA) is 84.3 Å². The Morgan fingerprint density at radius 1 is 1.16 bits per heavy atom. The van der Waals surface area contributed by atoms with Crippen LogP contribution in [0, 0.1) is 6.92 Å². The zero-order chi connectivity index (χ0) is 17.6. The van der Waals surface area contributed by atoms with Crippen LogP contribution in [0.4, 0.5) is 0 Å². The van der Waals surface area contributed by atoms with Gasteiger partial charge in [0.2, 0.25) is 0 Å². The van der Waals surface area contributed by atoms with Gasteiger partial charge in [-0.25, -0.2) is 9.67 Å². The first-order valence-corrected chi connectivity index (χ1v) is 7.98. The number of aromatic nitrogens is 3. The molecule has 0 spiro atoms. The first-order chi connectivity index (χ1) is 12.0. The van der Waals surface area contributed by atoms with E-state index in [1.807, 2.05) is 12.1 Å². The summed E-state index contributed by atoms with van der Waals surface area (Å²) in [6.45, 7) is 1.80. The highest BCUT2D eigenvalue weighted by atomic mass is 35.5. The van der Waals surface area contributed by atoms with E-state index in [-0.39, 0.29) is 0 Å². The van der Waals surface area contributed by atoms with Crippen molar-refractivity contribution in [2.45, 2.75) is 13.2 Å². The lowest BCUT2D eigenvalue weighted by atomic mass is 10.1. The maximum atomic E-state index is 9.83. The highest BCUT2D eigenvalue weighted by molar-refractivity contribution is 6.30. The molecule has 0 radical (unpaired) electrons. The third kappa shape index (κ3) is 2.70. The number of rotatable bonds is 3. The number of halogens is 1. The van der Waals surface area contributed by atoms with Gasteiger partial charge in [0.25, 0.3) is 0 Å². The van der Waals surface area contributed by atoms with Gasteiger partial charge in [0.05, 0.1) is 23.0 Å². The van der Waals surface area contributed by atoms with Gasteiger partial charge in [-0.2, -0.15) is 5.10 Å². The highest BCUT2D eigenvalue weighted by Gasteiger charge is 2.20. The van der Waals surface area contributed by atoms with Crippen LogP contribution < -0.4 is 0 Å². The third-order valence-electron chi connectivity index (χ3n) is 3.95. The van der Waals surface area contributed by atoms with Gasteiger partial charge in [0.15, 0.2) is 17.7 Å². The van der Waals surface area contributed by atoms with E-state index < -0.39 is 6.29 Å². The standard InChI is InChI=1S/C18H14ClN3O3/c1-10-16-13(18(23)24)9-14(15-6-3-7-25-15)20-17(16)22(21-10)12-5-2-4-11(19)8-12/h2-9,18,23-24H,1H3. The van der Waals surface area contributed by atoms with Gasteiger partial charge in [-0.1, -0.05) is 17.7 Å². The van der Waals surface area contributed by atoms with Gasteiger partial charge in [-0.3, -0.25) is 0 Å². The minimum Gasteiger partial charge on any atom is -0.463 e. The summed E-state index contributed by atoms with van der Waals surface area (Å²) in [5.74, 6) is 0.528. The van der Waals surface area contributed by atoms with Crippen molar-refractivity contribution in [1.29, 1.82) is 0 Å². The summed E-state index contributed by atoms with van der Waals surface area (Å²) in [6, 6.07) is 12.3. The molecule has 25 heavy (non-hydrogen) atoms. The second kappa shape index (κ2) is 6.00. The van der Waals surface area contributed by atoms with Crippen molar-refractivity contribution in [3.8, 4) is 17.1 Å². The maximum Gasteiger partial charge on any atom is 0.179 e. The predicted molar refractivity (Wildman–Crippen MR) is 93.5 cm³/mol. The Morgan fingerprint density at radius 2 is 2.00 bits per heavy atom. The summed E-state index contributed by atoms with van der Waals surface area (Å²) in [6.07, 6.45) is -0.120. The molecular formula is C18H14ClN3O3. The molecule has 0 bridgehead atoms. The molecule has 0 aliphatic rings. The second-order valence-corrected chi connectivity index (χ2v) is 6.06. The summed E-state index contributed by atoms with van der Waals surface area (Å²) in [5.41, 5.74) is 2.67. The van der Waals surface area contributed by atoms with Crippen LogP contribution in [0.5, 0.6) is 0 Å². The van der Waals surface area contributed by atoms with Crippen LogP contribution in [0.1, 0.15) is 17.5 Å². The lowest BCUT2D eigenvalue weighted by Gasteiger charge is -2.09. The molecular weight excluding hydrogens is 342 g/mol. The molecule has 0 amide bonds. The zero-order valence-corrected chi connectivity index (χ0v) is 14.0. The minimum atomic E-state index is -1.66. The Bertz CT molecular complexity index is 1060. The Kier molecular flexibility index (Phi) is 3.80. The van der Waals surface area contributed by atoms with Crippen LogP contribution in [0.2, 0.25) is 5.02 Å². The van der Waals surface area contributed by atoms with E-state index in [2.05, 4.69) is 10.1 Å². The van der Waals surface area contributed by atoms with Gasteiger partial charge < -0.3 is 14.6 Å². The summed E-state index contributed by atoms with van der Waals surface area (Å²) >= 11 is 6.09. The fraction of sp³-hybridized carbons (Fsp3) is 0.111. The second-order valence-electron chi connectivity index (χ2n) is 5.62. The van der Waals surface area contributed by atoms with Crippen LogP contribution in [-0.2, 0) is 0 Å². The molecule has 126 valence electrons. The molecule has 2 N–H and O–H groups in total.